The number of carbonyl (C=O) groups excluding carboxylic acids is 1. The molecule has 3 aliphatic rings. The number of urea groups is 1. The maximum absolute atomic E-state index is 15.8. The van der Waals surface area contributed by atoms with Gasteiger partial charge in [-0.3, -0.25) is 0 Å². The van der Waals surface area contributed by atoms with Crippen LogP contribution in [0.4, 0.5) is 10.5 Å². The van der Waals surface area contributed by atoms with E-state index in [1.54, 1.807) is 0 Å². The van der Waals surface area contributed by atoms with Crippen molar-refractivity contribution in [2.45, 2.75) is 48.4 Å². The third-order valence-electron chi connectivity index (χ3n) is 9.36. The van der Waals surface area contributed by atoms with Crippen molar-refractivity contribution in [1.82, 2.24) is 14.5 Å². The van der Waals surface area contributed by atoms with Crippen molar-refractivity contribution in [2.75, 3.05) is 11.9 Å². The summed E-state index contributed by atoms with van der Waals surface area (Å²) in [4.78, 5) is 14.0. The van der Waals surface area contributed by atoms with Crippen LogP contribution in [0, 0.1) is 0 Å². The van der Waals surface area contributed by atoms with Gasteiger partial charge < -0.3 is 20.3 Å². The molecule has 1 aliphatic heterocycles. The Hall–Kier alpha value is -4.81. The first kappa shape index (κ1) is 29.6. The molecule has 1 aromatic heterocycles. The van der Waals surface area contributed by atoms with Crippen LogP contribution in [-0.4, -0.2) is 42.6 Å². The van der Waals surface area contributed by atoms with E-state index in [0.29, 0.717) is 0 Å². The zero-order valence-corrected chi connectivity index (χ0v) is 26.2. The molecular weight excluding hydrogens is 614 g/mol. The number of hydrogen-bond donors (Lipinski definition) is 4. The first-order valence-electron chi connectivity index (χ1n) is 15.6. The lowest BCUT2D eigenvalue weighted by Gasteiger charge is -2.37. The number of aliphatic hydroxyl groups excluding tert-OH is 1. The van der Waals surface area contributed by atoms with Gasteiger partial charge in [-0.2, -0.15) is 5.10 Å². The summed E-state index contributed by atoms with van der Waals surface area (Å²) in [7, 11) is -3.98. The normalized spacial score (nSPS) is 18.8. The zero-order valence-electron chi connectivity index (χ0n) is 25.4. The molecule has 8 rings (SSSR count). The second-order valence-corrected chi connectivity index (χ2v) is 14.1. The van der Waals surface area contributed by atoms with Gasteiger partial charge >= 0.3 is 6.03 Å². The SMILES string of the molecule is O=C(N=S(=O)(NC(c1ccccc1)(c1ccccc1)c1ccccc1)c1cnn2c1O[C@](O)(CO)C2)Nc1c2c(cc3c1CC3)CC2. The smallest absolute Gasteiger partial charge is 0.354 e. The maximum atomic E-state index is 15.8. The molecule has 2 heterocycles. The molecule has 0 fully saturated rings. The van der Waals surface area contributed by atoms with Crippen LogP contribution < -0.4 is 14.8 Å². The molecule has 47 heavy (non-hydrogen) atoms. The number of anilines is 1. The molecule has 0 spiro atoms. The molecule has 238 valence electrons. The third kappa shape index (κ3) is 4.85. The maximum Gasteiger partial charge on any atom is 0.354 e. The second kappa shape index (κ2) is 11.2. The van der Waals surface area contributed by atoms with Gasteiger partial charge in [0.2, 0.25) is 5.88 Å². The summed E-state index contributed by atoms with van der Waals surface area (Å²) in [5, 5.41) is 28.0. The van der Waals surface area contributed by atoms with Crippen LogP contribution in [0.3, 0.4) is 0 Å². The average molecular weight is 648 g/mol. The van der Waals surface area contributed by atoms with Gasteiger partial charge in [0.15, 0.2) is 9.92 Å². The van der Waals surface area contributed by atoms with E-state index in [4.69, 9.17) is 4.74 Å². The minimum absolute atomic E-state index is 0.0294. The zero-order chi connectivity index (χ0) is 32.2. The van der Waals surface area contributed by atoms with Crippen molar-refractivity contribution in [1.29, 1.82) is 0 Å². The lowest BCUT2D eigenvalue weighted by molar-refractivity contribution is -0.154. The molecule has 0 saturated carbocycles. The molecule has 4 aromatic carbocycles. The summed E-state index contributed by atoms with van der Waals surface area (Å²) < 4.78 is 30.7. The van der Waals surface area contributed by atoms with Crippen molar-refractivity contribution >= 4 is 21.6 Å². The number of fused-ring (bicyclic) bond motifs is 3. The Morgan fingerprint density at radius 1 is 0.894 bits per heavy atom. The molecule has 0 saturated heterocycles. The van der Waals surface area contributed by atoms with Gasteiger partial charge in [0.25, 0.3) is 5.79 Å². The van der Waals surface area contributed by atoms with Crippen LogP contribution in [0.1, 0.15) is 38.9 Å². The Kier molecular flexibility index (Phi) is 7.03. The number of ether oxygens (including phenoxy) is 1. The fourth-order valence-corrected chi connectivity index (χ4v) is 8.71. The molecule has 10 nitrogen and oxygen atoms in total. The van der Waals surface area contributed by atoms with E-state index in [2.05, 4.69) is 25.6 Å². The summed E-state index contributed by atoms with van der Waals surface area (Å²) in [6.07, 6.45) is 4.97. The number of hydrogen-bond acceptors (Lipinski definition) is 6. The lowest BCUT2D eigenvalue weighted by Crippen LogP contribution is -2.48. The van der Waals surface area contributed by atoms with Crippen LogP contribution >= 0.6 is 0 Å². The van der Waals surface area contributed by atoms with E-state index in [1.165, 1.54) is 22.0 Å². The van der Waals surface area contributed by atoms with E-state index in [9.17, 15) is 15.0 Å². The van der Waals surface area contributed by atoms with E-state index in [1.807, 2.05) is 91.0 Å². The summed E-state index contributed by atoms with van der Waals surface area (Å²) in [5.74, 6) is -2.02. The molecule has 4 N–H and O–H groups in total. The molecule has 5 aromatic rings. The van der Waals surface area contributed by atoms with Gasteiger partial charge in [0, 0.05) is 5.69 Å². The highest BCUT2D eigenvalue weighted by Crippen LogP contribution is 2.43. The number of aromatic nitrogens is 2. The Bertz CT molecular complexity index is 2000. The topological polar surface area (TPSA) is 138 Å². The van der Waals surface area contributed by atoms with Gasteiger partial charge in [0.05, 0.1) is 6.20 Å². The number of aryl methyl sites for hydroxylation is 2. The van der Waals surface area contributed by atoms with Crippen LogP contribution in [0.25, 0.3) is 0 Å². The number of amides is 2. The van der Waals surface area contributed by atoms with Crippen LogP contribution in [0.2, 0.25) is 0 Å². The van der Waals surface area contributed by atoms with E-state index in [0.717, 1.165) is 59.2 Å². The fourth-order valence-electron chi connectivity index (χ4n) is 6.83. The minimum atomic E-state index is -3.98. The monoisotopic (exact) mass is 647 g/mol. The van der Waals surface area contributed by atoms with Crippen molar-refractivity contribution in [3.63, 3.8) is 0 Å². The number of nitrogens with zero attached hydrogens (tertiary/aromatic N) is 3. The largest absolute Gasteiger partial charge is 0.440 e. The number of benzene rings is 4. The Morgan fingerprint density at radius 3 is 1.89 bits per heavy atom. The average Bonchev–Trinajstić information content (AvgIpc) is 3.60. The molecule has 2 amide bonds. The van der Waals surface area contributed by atoms with Crippen LogP contribution in [0.15, 0.2) is 113 Å². The third-order valence-corrected chi connectivity index (χ3v) is 11.2. The number of rotatable bonds is 8. The Balaban J connectivity index is 1.34. The quantitative estimate of drug-likeness (QED) is 0.180. The predicted molar refractivity (Wildman–Crippen MR) is 176 cm³/mol. The van der Waals surface area contributed by atoms with Crippen LogP contribution in [0.5, 0.6) is 5.88 Å². The Labute approximate surface area is 272 Å². The molecule has 1 unspecified atom stereocenters. The van der Waals surface area contributed by atoms with Gasteiger partial charge in [0.1, 0.15) is 23.6 Å². The van der Waals surface area contributed by atoms with Gasteiger partial charge in [-0.15, -0.1) is 4.36 Å². The first-order valence-corrected chi connectivity index (χ1v) is 17.1. The lowest BCUT2D eigenvalue weighted by atomic mass is 9.76. The second-order valence-electron chi connectivity index (χ2n) is 12.2. The van der Waals surface area contributed by atoms with E-state index >= 15 is 4.21 Å². The number of carbonyl (C=O) groups is 1. The van der Waals surface area contributed by atoms with E-state index < -0.39 is 33.9 Å². The van der Waals surface area contributed by atoms with Gasteiger partial charge in [-0.25, -0.2) is 18.4 Å². The summed E-state index contributed by atoms with van der Waals surface area (Å²) in [6, 6.07) is 30.1. The molecular formula is C36H33N5O5S. The predicted octanol–water partition coefficient (Wildman–Crippen LogP) is 4.71. The molecule has 2 atom stereocenters. The number of aliphatic hydroxyl groups is 2. The van der Waals surface area contributed by atoms with Crippen molar-refractivity contribution in [3.8, 4) is 5.88 Å². The van der Waals surface area contributed by atoms with Gasteiger partial charge in [-0.05, 0) is 64.6 Å². The summed E-state index contributed by atoms with van der Waals surface area (Å²) in [5.41, 5.74) is 6.38. The van der Waals surface area contributed by atoms with Crippen molar-refractivity contribution in [2.24, 2.45) is 4.36 Å². The van der Waals surface area contributed by atoms with E-state index in [-0.39, 0.29) is 17.3 Å². The summed E-state index contributed by atoms with van der Waals surface area (Å²) >= 11 is 0. The highest BCUT2D eigenvalue weighted by molar-refractivity contribution is 7.92. The standard InChI is InChI=1S/C36H33N5O5S/c42-23-35(44)22-41-33(46-35)31(21-37-41)47(45,39-34(43)38-32-29-18-16-24(29)20-25-17-19-30(25)32)40-36(26-10-4-1-5-11-26,27-12-6-2-7-13-27)28-14-8-3-9-15-28/h1-15,20-21,42,44H,16-19,22-23H2,(H2,38,39,40,43,45)/t35-,47?/m0/s1. The fraction of sp³-hybridized carbons (Fsp3) is 0.222. The highest BCUT2D eigenvalue weighted by Gasteiger charge is 2.45. The molecule has 11 heteroatoms. The van der Waals surface area contributed by atoms with Gasteiger partial charge in [-0.1, -0.05) is 97.1 Å². The number of nitrogens with one attached hydrogen (secondary N) is 2. The molecule has 0 radical (unpaired) electrons. The Morgan fingerprint density at radius 2 is 1.43 bits per heavy atom. The molecule has 2 aliphatic carbocycles. The van der Waals surface area contributed by atoms with Crippen molar-refractivity contribution in [3.05, 3.63) is 142 Å². The van der Waals surface area contributed by atoms with Crippen molar-refractivity contribution < 1.29 is 24.0 Å². The first-order chi connectivity index (χ1) is 22.8. The highest BCUT2D eigenvalue weighted by atomic mass is 32.2. The summed E-state index contributed by atoms with van der Waals surface area (Å²) in [6.45, 7) is -0.904. The molecule has 0 bridgehead atoms. The van der Waals surface area contributed by atoms with Crippen LogP contribution in [-0.2, 0) is 47.7 Å². The minimum Gasteiger partial charge on any atom is -0.440 e.